The summed E-state index contributed by atoms with van der Waals surface area (Å²) >= 11 is 0. The summed E-state index contributed by atoms with van der Waals surface area (Å²) < 4.78 is 64.8. The third-order valence-corrected chi connectivity index (χ3v) is 5.03. The van der Waals surface area contributed by atoms with Gasteiger partial charge in [-0.05, 0) is 30.5 Å². The average molecular weight is 423 g/mol. The highest BCUT2D eigenvalue weighted by Crippen LogP contribution is 2.30. The molecule has 158 valence electrons. The van der Waals surface area contributed by atoms with E-state index >= 15 is 0 Å². The van der Waals surface area contributed by atoms with E-state index in [1.54, 1.807) is 6.07 Å². The van der Waals surface area contributed by atoms with Crippen LogP contribution in [0.2, 0.25) is 0 Å². The number of carbonyl (C=O) groups is 1. The zero-order valence-corrected chi connectivity index (χ0v) is 15.8. The standard InChI is InChI=1S/C20H17F4N3O3/c1-29-17-11(7-13(22)15(23)16(17)24)19(28)27-6-5-10(9-27)8-25-20-26-14-4-2-3-12(21)18(14)30-20/h2-4,7,10H,5-6,8-9H2,1H3,(H,25,26). The van der Waals surface area contributed by atoms with Gasteiger partial charge in [0, 0.05) is 19.6 Å². The molecule has 1 unspecified atom stereocenters. The molecular weight excluding hydrogens is 406 g/mol. The van der Waals surface area contributed by atoms with Crippen molar-refractivity contribution in [1.82, 2.24) is 9.88 Å². The Bertz CT molecular complexity index is 1120. The number of hydrogen-bond donors (Lipinski definition) is 1. The number of carbonyl (C=O) groups excluding carboxylic acids is 1. The van der Waals surface area contributed by atoms with Crippen LogP contribution in [0.5, 0.6) is 5.75 Å². The molecular formula is C20H17F4N3O3. The molecule has 0 bridgehead atoms. The minimum atomic E-state index is -1.69. The van der Waals surface area contributed by atoms with E-state index in [-0.39, 0.29) is 23.1 Å². The number of rotatable bonds is 5. The summed E-state index contributed by atoms with van der Waals surface area (Å²) in [7, 11) is 1.08. The van der Waals surface area contributed by atoms with Crippen LogP contribution in [0.1, 0.15) is 16.8 Å². The normalized spacial score (nSPS) is 16.3. The molecule has 1 amide bonds. The summed E-state index contributed by atoms with van der Waals surface area (Å²) in [6.07, 6.45) is 0.613. The van der Waals surface area contributed by atoms with Crippen LogP contribution in [0.15, 0.2) is 28.7 Å². The summed E-state index contributed by atoms with van der Waals surface area (Å²) in [5.41, 5.74) is 0.0563. The highest BCUT2D eigenvalue weighted by atomic mass is 19.2. The fourth-order valence-corrected chi connectivity index (χ4v) is 3.51. The number of oxazole rings is 1. The number of halogens is 4. The third kappa shape index (κ3) is 3.53. The SMILES string of the molecule is COc1c(C(=O)N2CCC(CNc3nc4cccc(F)c4o3)C2)cc(F)c(F)c1F. The van der Waals surface area contributed by atoms with E-state index in [1.807, 2.05) is 0 Å². The highest BCUT2D eigenvalue weighted by molar-refractivity contribution is 5.97. The van der Waals surface area contributed by atoms with Crippen LogP contribution in [-0.4, -0.2) is 42.5 Å². The maximum Gasteiger partial charge on any atom is 0.295 e. The number of nitrogens with one attached hydrogen (secondary N) is 1. The Morgan fingerprint density at radius 3 is 2.80 bits per heavy atom. The lowest BCUT2D eigenvalue weighted by molar-refractivity contribution is 0.0782. The van der Waals surface area contributed by atoms with Crippen molar-refractivity contribution in [2.45, 2.75) is 6.42 Å². The molecule has 4 rings (SSSR count). The second kappa shape index (κ2) is 7.85. The van der Waals surface area contributed by atoms with Crippen LogP contribution >= 0.6 is 0 Å². The topological polar surface area (TPSA) is 67.6 Å². The first-order valence-corrected chi connectivity index (χ1v) is 9.18. The summed E-state index contributed by atoms with van der Waals surface area (Å²) in [4.78, 5) is 18.3. The number of benzene rings is 2. The van der Waals surface area contributed by atoms with Crippen LogP contribution in [0.4, 0.5) is 23.6 Å². The molecule has 6 nitrogen and oxygen atoms in total. The van der Waals surface area contributed by atoms with E-state index in [2.05, 4.69) is 10.3 Å². The zero-order chi connectivity index (χ0) is 21.4. The number of likely N-dealkylation sites (tertiary alicyclic amines) is 1. The van der Waals surface area contributed by atoms with Crippen molar-refractivity contribution < 1.29 is 31.5 Å². The quantitative estimate of drug-likeness (QED) is 0.497. The van der Waals surface area contributed by atoms with Gasteiger partial charge in [-0.3, -0.25) is 4.79 Å². The van der Waals surface area contributed by atoms with Gasteiger partial charge in [0.2, 0.25) is 5.82 Å². The molecule has 3 aromatic rings. The summed E-state index contributed by atoms with van der Waals surface area (Å²) in [6, 6.07) is 5.21. The molecule has 2 aromatic carbocycles. The molecule has 0 saturated carbocycles. The summed E-state index contributed by atoms with van der Waals surface area (Å²) in [5, 5.41) is 2.97. The number of nitrogens with zero attached hydrogens (tertiary/aromatic N) is 2. The van der Waals surface area contributed by atoms with Crippen molar-refractivity contribution in [3.05, 3.63) is 53.1 Å². The summed E-state index contributed by atoms with van der Waals surface area (Å²) in [5.74, 6) is -6.50. The molecule has 1 aliphatic rings. The predicted octanol–water partition coefficient (Wildman–Crippen LogP) is 3.97. The first-order valence-electron chi connectivity index (χ1n) is 9.18. The maximum atomic E-state index is 13.9. The average Bonchev–Trinajstić information content (AvgIpc) is 3.37. The van der Waals surface area contributed by atoms with Gasteiger partial charge in [-0.1, -0.05) is 6.07 Å². The first-order chi connectivity index (χ1) is 14.4. The Morgan fingerprint density at radius 1 is 1.27 bits per heavy atom. The van der Waals surface area contributed by atoms with Gasteiger partial charge in [0.1, 0.15) is 5.52 Å². The van der Waals surface area contributed by atoms with E-state index in [9.17, 15) is 22.4 Å². The van der Waals surface area contributed by atoms with Crippen molar-refractivity contribution >= 4 is 23.0 Å². The van der Waals surface area contributed by atoms with Gasteiger partial charge in [-0.15, -0.1) is 0 Å². The Labute approximate surface area is 168 Å². The number of fused-ring (bicyclic) bond motifs is 1. The molecule has 1 N–H and O–H groups in total. The lowest BCUT2D eigenvalue weighted by atomic mass is 10.1. The van der Waals surface area contributed by atoms with Gasteiger partial charge < -0.3 is 19.4 Å². The number of hydrogen-bond acceptors (Lipinski definition) is 5. The van der Waals surface area contributed by atoms with E-state index < -0.39 is 34.9 Å². The molecule has 2 heterocycles. The van der Waals surface area contributed by atoms with E-state index in [4.69, 9.17) is 9.15 Å². The van der Waals surface area contributed by atoms with Crippen LogP contribution < -0.4 is 10.1 Å². The van der Waals surface area contributed by atoms with Gasteiger partial charge in [-0.2, -0.15) is 9.37 Å². The van der Waals surface area contributed by atoms with Gasteiger partial charge in [0.25, 0.3) is 11.9 Å². The molecule has 0 aliphatic carbocycles. The van der Waals surface area contributed by atoms with Gasteiger partial charge >= 0.3 is 0 Å². The van der Waals surface area contributed by atoms with Crippen molar-refractivity contribution in [3.63, 3.8) is 0 Å². The molecule has 1 aromatic heterocycles. The largest absolute Gasteiger partial charge is 0.493 e. The Hall–Kier alpha value is -3.30. The van der Waals surface area contributed by atoms with Crippen LogP contribution in [0, 0.1) is 29.2 Å². The highest BCUT2D eigenvalue weighted by Gasteiger charge is 2.31. The van der Waals surface area contributed by atoms with Crippen LogP contribution in [-0.2, 0) is 0 Å². The summed E-state index contributed by atoms with van der Waals surface area (Å²) in [6.45, 7) is 1.03. The van der Waals surface area contributed by atoms with Gasteiger partial charge in [-0.25, -0.2) is 13.2 Å². The fraction of sp³-hybridized carbons (Fsp3) is 0.300. The number of aromatic nitrogens is 1. The molecule has 1 saturated heterocycles. The van der Waals surface area contributed by atoms with Crippen molar-refractivity contribution in [1.29, 1.82) is 0 Å². The minimum Gasteiger partial charge on any atom is -0.493 e. The fourth-order valence-electron chi connectivity index (χ4n) is 3.51. The number of amides is 1. The second-order valence-corrected chi connectivity index (χ2v) is 6.96. The molecule has 0 radical (unpaired) electrons. The maximum absolute atomic E-state index is 13.9. The lowest BCUT2D eigenvalue weighted by Gasteiger charge is -2.19. The zero-order valence-electron chi connectivity index (χ0n) is 15.8. The smallest absolute Gasteiger partial charge is 0.295 e. The molecule has 30 heavy (non-hydrogen) atoms. The predicted molar refractivity (Wildman–Crippen MR) is 99.3 cm³/mol. The number of para-hydroxylation sites is 1. The molecule has 10 heteroatoms. The Balaban J connectivity index is 1.43. The van der Waals surface area contributed by atoms with Crippen molar-refractivity contribution in [3.8, 4) is 5.75 Å². The Kier molecular flexibility index (Phi) is 5.23. The van der Waals surface area contributed by atoms with E-state index in [0.29, 0.717) is 37.6 Å². The number of ether oxygens (including phenoxy) is 1. The van der Waals surface area contributed by atoms with E-state index in [0.717, 1.165) is 7.11 Å². The molecule has 1 fully saturated rings. The lowest BCUT2D eigenvalue weighted by Crippen LogP contribution is -2.30. The first kappa shape index (κ1) is 20.0. The van der Waals surface area contributed by atoms with Crippen LogP contribution in [0.25, 0.3) is 11.1 Å². The monoisotopic (exact) mass is 423 g/mol. The number of anilines is 1. The van der Waals surface area contributed by atoms with Crippen molar-refractivity contribution in [2.24, 2.45) is 5.92 Å². The Morgan fingerprint density at radius 2 is 2.07 bits per heavy atom. The number of methoxy groups -OCH3 is 1. The minimum absolute atomic E-state index is 0.00468. The molecule has 1 aliphatic heterocycles. The molecule has 0 spiro atoms. The van der Waals surface area contributed by atoms with Gasteiger partial charge in [0.15, 0.2) is 28.8 Å². The second-order valence-electron chi connectivity index (χ2n) is 6.96. The van der Waals surface area contributed by atoms with Crippen LogP contribution in [0.3, 0.4) is 0 Å². The molecule has 1 atom stereocenters. The third-order valence-electron chi connectivity index (χ3n) is 5.03. The van der Waals surface area contributed by atoms with Gasteiger partial charge in [0.05, 0.1) is 12.7 Å². The van der Waals surface area contributed by atoms with E-state index in [1.165, 1.54) is 17.0 Å². The van der Waals surface area contributed by atoms with Crippen molar-refractivity contribution in [2.75, 3.05) is 32.1 Å².